The van der Waals surface area contributed by atoms with E-state index in [1.165, 1.54) is 16.7 Å². The molecule has 6 heteroatoms. The molecule has 3 aromatic rings. The normalized spacial score (nSPS) is 17.2. The molecule has 0 saturated carbocycles. The SMILES string of the molecule is CC(C)c1ccc(NC(=O)Nc2ccc3c(c2)CN([C@@H]2CCCc4ccccc42)C(=O)CO3)cc1. The number of ether oxygens (including phenoxy) is 1. The molecule has 1 aliphatic carbocycles. The highest BCUT2D eigenvalue weighted by atomic mass is 16.5. The van der Waals surface area contributed by atoms with Gasteiger partial charge in [-0.15, -0.1) is 0 Å². The first-order valence-electron chi connectivity index (χ1n) is 12.3. The van der Waals surface area contributed by atoms with E-state index in [-0.39, 0.29) is 24.6 Å². The molecular weight excluding hydrogens is 438 g/mol. The quantitative estimate of drug-likeness (QED) is 0.474. The lowest BCUT2D eigenvalue weighted by atomic mass is 9.86. The molecule has 180 valence electrons. The molecule has 6 nitrogen and oxygen atoms in total. The Balaban J connectivity index is 1.32. The van der Waals surface area contributed by atoms with Crippen LogP contribution < -0.4 is 15.4 Å². The van der Waals surface area contributed by atoms with Crippen molar-refractivity contribution in [2.75, 3.05) is 17.2 Å². The minimum absolute atomic E-state index is 0.0139. The van der Waals surface area contributed by atoms with Crippen LogP contribution in [-0.4, -0.2) is 23.4 Å². The number of anilines is 2. The van der Waals surface area contributed by atoms with E-state index in [1.54, 1.807) is 6.07 Å². The number of fused-ring (bicyclic) bond motifs is 2. The third-order valence-electron chi connectivity index (χ3n) is 6.88. The van der Waals surface area contributed by atoms with E-state index >= 15 is 0 Å². The molecule has 0 saturated heterocycles. The largest absolute Gasteiger partial charge is 0.483 e. The Labute approximate surface area is 206 Å². The van der Waals surface area contributed by atoms with Gasteiger partial charge in [0.25, 0.3) is 5.91 Å². The summed E-state index contributed by atoms with van der Waals surface area (Å²) in [5.74, 6) is 1.10. The van der Waals surface area contributed by atoms with Crippen LogP contribution in [0.25, 0.3) is 0 Å². The zero-order valence-corrected chi connectivity index (χ0v) is 20.2. The summed E-state index contributed by atoms with van der Waals surface area (Å²) in [5.41, 5.74) is 6.04. The number of benzene rings is 3. The molecule has 1 heterocycles. The highest BCUT2D eigenvalue weighted by Gasteiger charge is 2.32. The van der Waals surface area contributed by atoms with Crippen LogP contribution in [0.2, 0.25) is 0 Å². The summed E-state index contributed by atoms with van der Waals surface area (Å²) >= 11 is 0. The second kappa shape index (κ2) is 9.82. The second-order valence-electron chi connectivity index (χ2n) is 9.60. The number of amides is 3. The van der Waals surface area contributed by atoms with Crippen molar-refractivity contribution in [2.24, 2.45) is 0 Å². The van der Waals surface area contributed by atoms with Crippen LogP contribution in [0.3, 0.4) is 0 Å². The van der Waals surface area contributed by atoms with Crippen molar-refractivity contribution in [3.05, 3.63) is 89.0 Å². The summed E-state index contributed by atoms with van der Waals surface area (Å²) in [7, 11) is 0. The molecule has 1 atom stereocenters. The molecule has 0 bridgehead atoms. The molecule has 0 aromatic heterocycles. The lowest BCUT2D eigenvalue weighted by molar-refractivity contribution is -0.136. The number of nitrogens with one attached hydrogen (secondary N) is 2. The van der Waals surface area contributed by atoms with E-state index < -0.39 is 0 Å². The average Bonchev–Trinajstić information content (AvgIpc) is 3.02. The monoisotopic (exact) mass is 469 g/mol. The van der Waals surface area contributed by atoms with Gasteiger partial charge < -0.3 is 20.3 Å². The first-order valence-corrected chi connectivity index (χ1v) is 12.3. The van der Waals surface area contributed by atoms with Crippen LogP contribution in [0.5, 0.6) is 5.75 Å². The third kappa shape index (κ3) is 5.02. The number of nitrogens with zero attached hydrogens (tertiary/aromatic N) is 1. The molecule has 0 spiro atoms. The first-order chi connectivity index (χ1) is 17.0. The van der Waals surface area contributed by atoms with E-state index in [4.69, 9.17) is 4.74 Å². The number of hydrogen-bond acceptors (Lipinski definition) is 3. The molecule has 1 aliphatic heterocycles. The van der Waals surface area contributed by atoms with Gasteiger partial charge in [0.1, 0.15) is 5.75 Å². The predicted molar refractivity (Wildman–Crippen MR) is 138 cm³/mol. The number of rotatable bonds is 4. The van der Waals surface area contributed by atoms with Crippen molar-refractivity contribution >= 4 is 23.3 Å². The van der Waals surface area contributed by atoms with Crippen LogP contribution in [0, 0.1) is 0 Å². The molecule has 2 aliphatic rings. The average molecular weight is 470 g/mol. The highest BCUT2D eigenvalue weighted by Crippen LogP contribution is 2.37. The van der Waals surface area contributed by atoms with Crippen LogP contribution in [0.1, 0.15) is 60.9 Å². The minimum atomic E-state index is -0.314. The van der Waals surface area contributed by atoms with Crippen molar-refractivity contribution in [3.8, 4) is 5.75 Å². The topological polar surface area (TPSA) is 70.7 Å². The molecule has 3 aromatic carbocycles. The molecule has 0 unspecified atom stereocenters. The van der Waals surface area contributed by atoms with Crippen LogP contribution >= 0.6 is 0 Å². The predicted octanol–water partition coefficient (Wildman–Crippen LogP) is 6.25. The molecule has 3 amide bonds. The Morgan fingerprint density at radius 2 is 1.71 bits per heavy atom. The van der Waals surface area contributed by atoms with Crippen molar-refractivity contribution < 1.29 is 14.3 Å². The second-order valence-corrected chi connectivity index (χ2v) is 9.60. The molecule has 0 fully saturated rings. The Morgan fingerprint density at radius 1 is 0.971 bits per heavy atom. The molecule has 0 radical (unpaired) electrons. The van der Waals surface area contributed by atoms with E-state index in [0.717, 1.165) is 30.5 Å². The summed E-state index contributed by atoms with van der Waals surface area (Å²) in [5, 5.41) is 5.79. The molecule has 35 heavy (non-hydrogen) atoms. The third-order valence-corrected chi connectivity index (χ3v) is 6.88. The first kappa shape index (κ1) is 23.0. The number of aryl methyl sites for hydroxylation is 1. The molecule has 5 rings (SSSR count). The summed E-state index contributed by atoms with van der Waals surface area (Å²) in [6.07, 6.45) is 3.04. The molecular formula is C29H31N3O3. The Bertz CT molecular complexity index is 1240. The number of carbonyl (C=O) groups excluding carboxylic acids is 2. The smallest absolute Gasteiger partial charge is 0.323 e. The van der Waals surface area contributed by atoms with Crippen molar-refractivity contribution in [3.63, 3.8) is 0 Å². The van der Waals surface area contributed by atoms with Crippen molar-refractivity contribution in [1.82, 2.24) is 4.90 Å². The zero-order valence-electron chi connectivity index (χ0n) is 20.2. The van der Waals surface area contributed by atoms with Crippen molar-refractivity contribution in [2.45, 2.75) is 51.6 Å². The number of urea groups is 1. The van der Waals surface area contributed by atoms with Crippen LogP contribution in [-0.2, 0) is 17.8 Å². The Morgan fingerprint density at radius 3 is 2.51 bits per heavy atom. The van der Waals surface area contributed by atoms with E-state index in [2.05, 4.69) is 42.7 Å². The van der Waals surface area contributed by atoms with Gasteiger partial charge in [-0.1, -0.05) is 50.2 Å². The summed E-state index contributed by atoms with van der Waals surface area (Å²) in [4.78, 5) is 27.6. The maximum Gasteiger partial charge on any atom is 0.323 e. The zero-order chi connectivity index (χ0) is 24.4. The Hall–Kier alpha value is -3.80. The summed E-state index contributed by atoms with van der Waals surface area (Å²) in [6.45, 7) is 4.74. The van der Waals surface area contributed by atoms with E-state index in [9.17, 15) is 9.59 Å². The van der Waals surface area contributed by atoms with Crippen LogP contribution in [0.15, 0.2) is 66.7 Å². The standard InChI is InChI=1S/C29H31N3O3/c1-19(2)20-10-12-23(13-11-20)30-29(34)31-24-14-15-27-22(16-24)17-32(28(33)18-35-27)26-9-5-7-21-6-3-4-8-25(21)26/h3-4,6,8,10-16,19,26H,5,7,9,17-18H2,1-2H3,(H2,30,31,34)/t26-/m1/s1. The van der Waals surface area contributed by atoms with E-state index in [0.29, 0.717) is 23.9 Å². The lowest BCUT2D eigenvalue weighted by Crippen LogP contribution is -2.37. The van der Waals surface area contributed by atoms with Crippen LogP contribution in [0.4, 0.5) is 16.2 Å². The summed E-state index contributed by atoms with van der Waals surface area (Å²) in [6, 6.07) is 21.5. The fourth-order valence-electron chi connectivity index (χ4n) is 5.00. The van der Waals surface area contributed by atoms with Gasteiger partial charge in [0.2, 0.25) is 0 Å². The van der Waals surface area contributed by atoms with Gasteiger partial charge in [-0.05, 0) is 72.2 Å². The van der Waals surface area contributed by atoms with Crippen molar-refractivity contribution in [1.29, 1.82) is 0 Å². The number of carbonyl (C=O) groups is 2. The van der Waals surface area contributed by atoms with Gasteiger partial charge in [0.05, 0.1) is 12.6 Å². The maximum absolute atomic E-state index is 13.0. The minimum Gasteiger partial charge on any atom is -0.483 e. The Kier molecular flexibility index (Phi) is 6.45. The lowest BCUT2D eigenvalue weighted by Gasteiger charge is -2.35. The van der Waals surface area contributed by atoms with Gasteiger partial charge in [0.15, 0.2) is 6.61 Å². The van der Waals surface area contributed by atoms with Gasteiger partial charge >= 0.3 is 6.03 Å². The fraction of sp³-hybridized carbons (Fsp3) is 0.310. The van der Waals surface area contributed by atoms with Gasteiger partial charge in [-0.25, -0.2) is 4.79 Å². The fourth-order valence-corrected chi connectivity index (χ4v) is 5.00. The van der Waals surface area contributed by atoms with E-state index in [1.807, 2.05) is 47.4 Å². The van der Waals surface area contributed by atoms with Gasteiger partial charge in [-0.2, -0.15) is 0 Å². The van der Waals surface area contributed by atoms with Gasteiger partial charge in [0, 0.05) is 16.9 Å². The maximum atomic E-state index is 13.0. The highest BCUT2D eigenvalue weighted by molar-refractivity contribution is 5.99. The number of hydrogen-bond donors (Lipinski definition) is 2. The summed E-state index contributed by atoms with van der Waals surface area (Å²) < 4.78 is 5.84. The molecule has 2 N–H and O–H groups in total. The van der Waals surface area contributed by atoms with Gasteiger partial charge in [-0.3, -0.25) is 4.79 Å².